The molecule has 5 rings (SSSR count). The van der Waals surface area contributed by atoms with Gasteiger partial charge in [0.1, 0.15) is 23.7 Å². The summed E-state index contributed by atoms with van der Waals surface area (Å²) in [6, 6.07) is 14.0. The first-order valence-electron chi connectivity index (χ1n) is 10.5. The smallest absolute Gasteiger partial charge is 0.404 e. The van der Waals surface area contributed by atoms with Gasteiger partial charge in [-0.3, -0.25) is 0 Å². The Hall–Kier alpha value is -3.46. The number of carboxylic acid groups (broad SMARTS) is 1. The Morgan fingerprint density at radius 2 is 1.73 bits per heavy atom. The SMILES string of the molecule is O=C(O)NC1CCN(c2ncnc3oc(-c4ccc(Br)cc4)c(-c4ccc(F)cc4)c23)CC1. The monoisotopic (exact) mass is 510 g/mol. The van der Waals surface area contributed by atoms with Crippen molar-refractivity contribution >= 4 is 38.9 Å². The fraction of sp³-hybridized carbons (Fsp3) is 0.208. The molecule has 4 aromatic rings. The number of benzene rings is 2. The molecule has 0 aliphatic carbocycles. The largest absolute Gasteiger partial charge is 0.465 e. The van der Waals surface area contributed by atoms with Crippen molar-refractivity contribution < 1.29 is 18.7 Å². The van der Waals surface area contributed by atoms with Crippen molar-refractivity contribution in [1.29, 1.82) is 0 Å². The molecule has 3 heterocycles. The molecule has 1 aliphatic heterocycles. The lowest BCUT2D eigenvalue weighted by Crippen LogP contribution is -2.44. The van der Waals surface area contributed by atoms with Gasteiger partial charge < -0.3 is 19.7 Å². The molecule has 9 heteroatoms. The van der Waals surface area contributed by atoms with Crippen LogP contribution in [0.3, 0.4) is 0 Å². The van der Waals surface area contributed by atoms with Crippen LogP contribution in [-0.2, 0) is 0 Å². The highest BCUT2D eigenvalue weighted by Gasteiger charge is 2.27. The number of halogens is 2. The van der Waals surface area contributed by atoms with Gasteiger partial charge in [-0.2, -0.15) is 0 Å². The average Bonchev–Trinajstić information content (AvgIpc) is 3.20. The Labute approximate surface area is 197 Å². The lowest BCUT2D eigenvalue weighted by Gasteiger charge is -2.32. The van der Waals surface area contributed by atoms with E-state index in [9.17, 15) is 9.18 Å². The predicted molar refractivity (Wildman–Crippen MR) is 127 cm³/mol. The molecule has 1 amide bonds. The van der Waals surface area contributed by atoms with Crippen LogP contribution in [0.2, 0.25) is 0 Å². The number of piperidine rings is 1. The quantitative estimate of drug-likeness (QED) is 0.366. The second-order valence-corrected chi connectivity index (χ2v) is 8.82. The normalized spacial score (nSPS) is 14.5. The summed E-state index contributed by atoms with van der Waals surface area (Å²) in [6.07, 6.45) is 1.80. The molecule has 0 atom stereocenters. The second-order valence-electron chi connectivity index (χ2n) is 7.91. The van der Waals surface area contributed by atoms with E-state index < -0.39 is 6.09 Å². The van der Waals surface area contributed by atoms with Crippen LogP contribution in [0, 0.1) is 5.82 Å². The maximum atomic E-state index is 13.7. The van der Waals surface area contributed by atoms with E-state index >= 15 is 0 Å². The van der Waals surface area contributed by atoms with Crippen LogP contribution in [0.4, 0.5) is 15.0 Å². The molecule has 0 bridgehead atoms. The topological polar surface area (TPSA) is 91.5 Å². The number of aromatic nitrogens is 2. The molecule has 7 nitrogen and oxygen atoms in total. The summed E-state index contributed by atoms with van der Waals surface area (Å²) in [5, 5.41) is 12.3. The van der Waals surface area contributed by atoms with Crippen molar-refractivity contribution in [2.75, 3.05) is 18.0 Å². The van der Waals surface area contributed by atoms with Crippen LogP contribution in [0.25, 0.3) is 33.6 Å². The molecular formula is C24H20BrFN4O3. The first kappa shape index (κ1) is 21.4. The van der Waals surface area contributed by atoms with Gasteiger partial charge in [0, 0.05) is 34.7 Å². The first-order chi connectivity index (χ1) is 16.0. The van der Waals surface area contributed by atoms with Crippen molar-refractivity contribution in [2.24, 2.45) is 0 Å². The summed E-state index contributed by atoms with van der Waals surface area (Å²) in [5.74, 6) is 1.04. The molecule has 0 saturated carbocycles. The third-order valence-electron chi connectivity index (χ3n) is 5.83. The minimum atomic E-state index is -1.01. The lowest BCUT2D eigenvalue weighted by atomic mass is 9.98. The van der Waals surface area contributed by atoms with Gasteiger partial charge in [0.2, 0.25) is 5.71 Å². The second kappa shape index (κ2) is 8.82. The van der Waals surface area contributed by atoms with Gasteiger partial charge in [-0.05, 0) is 42.7 Å². The maximum Gasteiger partial charge on any atom is 0.404 e. The van der Waals surface area contributed by atoms with E-state index in [1.807, 2.05) is 24.3 Å². The Morgan fingerprint density at radius 1 is 1.06 bits per heavy atom. The van der Waals surface area contributed by atoms with E-state index in [-0.39, 0.29) is 11.9 Å². The van der Waals surface area contributed by atoms with Crippen molar-refractivity contribution in [3.63, 3.8) is 0 Å². The van der Waals surface area contributed by atoms with Gasteiger partial charge in [-0.15, -0.1) is 0 Å². The van der Waals surface area contributed by atoms with Crippen LogP contribution < -0.4 is 10.2 Å². The van der Waals surface area contributed by atoms with E-state index in [2.05, 4.69) is 36.1 Å². The van der Waals surface area contributed by atoms with Crippen LogP contribution in [0.15, 0.2) is 63.7 Å². The maximum absolute atomic E-state index is 13.7. The summed E-state index contributed by atoms with van der Waals surface area (Å²) in [6.45, 7) is 1.28. The number of amides is 1. The molecule has 1 aliphatic rings. The van der Waals surface area contributed by atoms with Gasteiger partial charge in [0.15, 0.2) is 0 Å². The number of rotatable bonds is 4. The standard InChI is InChI=1S/C24H20BrFN4O3/c25-16-5-1-15(2-6-16)21-19(14-3-7-17(26)8-4-14)20-22(27-13-28-23(20)33-21)30-11-9-18(10-12-30)29-24(31)32/h1-8,13,18,29H,9-12H2,(H,31,32). The van der Waals surface area contributed by atoms with E-state index in [4.69, 9.17) is 9.52 Å². The average molecular weight is 511 g/mol. The van der Waals surface area contributed by atoms with Crippen molar-refractivity contribution in [2.45, 2.75) is 18.9 Å². The van der Waals surface area contributed by atoms with Gasteiger partial charge in [0.25, 0.3) is 0 Å². The van der Waals surface area contributed by atoms with E-state index in [1.54, 1.807) is 12.1 Å². The molecule has 0 unspecified atom stereocenters. The number of nitrogens with zero attached hydrogens (tertiary/aromatic N) is 3. The summed E-state index contributed by atoms with van der Waals surface area (Å²) in [4.78, 5) is 22.1. The van der Waals surface area contributed by atoms with E-state index in [0.717, 1.165) is 32.4 Å². The zero-order valence-electron chi connectivity index (χ0n) is 17.5. The molecule has 33 heavy (non-hydrogen) atoms. The highest BCUT2D eigenvalue weighted by atomic mass is 79.9. The number of carbonyl (C=O) groups is 1. The van der Waals surface area contributed by atoms with Gasteiger partial charge in [0.05, 0.1) is 5.39 Å². The zero-order valence-corrected chi connectivity index (χ0v) is 19.0. The number of anilines is 1. The number of furan rings is 1. The minimum Gasteiger partial charge on any atom is -0.465 e. The molecule has 168 valence electrons. The Balaban J connectivity index is 1.64. The van der Waals surface area contributed by atoms with E-state index in [1.165, 1.54) is 18.5 Å². The third kappa shape index (κ3) is 4.28. The Morgan fingerprint density at radius 3 is 2.39 bits per heavy atom. The van der Waals surface area contributed by atoms with E-state index in [0.29, 0.717) is 37.4 Å². The molecule has 2 N–H and O–H groups in total. The fourth-order valence-corrected chi connectivity index (χ4v) is 4.53. The highest BCUT2D eigenvalue weighted by molar-refractivity contribution is 9.10. The number of hydrogen-bond donors (Lipinski definition) is 2. The highest BCUT2D eigenvalue weighted by Crippen LogP contribution is 2.44. The number of nitrogens with one attached hydrogen (secondary N) is 1. The Kier molecular flexibility index (Phi) is 5.72. The molecule has 1 saturated heterocycles. The zero-order chi connectivity index (χ0) is 22.9. The van der Waals surface area contributed by atoms with Crippen LogP contribution in [0.5, 0.6) is 0 Å². The number of hydrogen-bond acceptors (Lipinski definition) is 5. The molecule has 2 aromatic heterocycles. The first-order valence-corrected chi connectivity index (χ1v) is 11.3. The third-order valence-corrected chi connectivity index (χ3v) is 6.36. The van der Waals surface area contributed by atoms with Gasteiger partial charge in [-0.1, -0.05) is 40.2 Å². The van der Waals surface area contributed by atoms with Gasteiger partial charge >= 0.3 is 6.09 Å². The fourth-order valence-electron chi connectivity index (χ4n) is 4.26. The van der Waals surface area contributed by atoms with Crippen molar-refractivity contribution in [1.82, 2.24) is 15.3 Å². The molecule has 0 spiro atoms. The Bertz CT molecular complexity index is 1300. The summed E-state index contributed by atoms with van der Waals surface area (Å²) in [5.41, 5.74) is 2.91. The van der Waals surface area contributed by atoms with Crippen LogP contribution >= 0.6 is 15.9 Å². The number of fused-ring (bicyclic) bond motifs is 1. The van der Waals surface area contributed by atoms with Gasteiger partial charge in [-0.25, -0.2) is 19.2 Å². The lowest BCUT2D eigenvalue weighted by molar-refractivity contribution is 0.187. The van der Waals surface area contributed by atoms with Crippen molar-refractivity contribution in [3.8, 4) is 22.5 Å². The summed E-state index contributed by atoms with van der Waals surface area (Å²) < 4.78 is 20.9. The predicted octanol–water partition coefficient (Wildman–Crippen LogP) is 5.69. The minimum absolute atomic E-state index is 0.0877. The molecule has 1 fully saturated rings. The summed E-state index contributed by atoms with van der Waals surface area (Å²) >= 11 is 3.46. The molecule has 2 aromatic carbocycles. The summed E-state index contributed by atoms with van der Waals surface area (Å²) in [7, 11) is 0. The van der Waals surface area contributed by atoms with Crippen molar-refractivity contribution in [3.05, 3.63) is 65.1 Å². The van der Waals surface area contributed by atoms with Crippen LogP contribution in [-0.4, -0.2) is 40.3 Å². The van der Waals surface area contributed by atoms with Crippen LogP contribution in [0.1, 0.15) is 12.8 Å². The molecular weight excluding hydrogens is 491 g/mol. The molecule has 0 radical (unpaired) electrons.